The van der Waals surface area contributed by atoms with Gasteiger partial charge in [0.1, 0.15) is 16.8 Å². The van der Waals surface area contributed by atoms with Crippen LogP contribution >= 0.6 is 0 Å². The number of pyridine rings is 1. The number of rotatable bonds is 8. The maximum Gasteiger partial charge on any atom is 0.357 e. The average Bonchev–Trinajstić information content (AvgIpc) is 3.19. The van der Waals surface area contributed by atoms with Gasteiger partial charge in [-0.1, -0.05) is 32.0 Å². The zero-order valence-corrected chi connectivity index (χ0v) is 22.9. The summed E-state index contributed by atoms with van der Waals surface area (Å²) < 4.78 is 36.1. The summed E-state index contributed by atoms with van der Waals surface area (Å²) in [6.45, 7) is 8.04. The van der Waals surface area contributed by atoms with Crippen molar-refractivity contribution in [1.82, 2.24) is 13.9 Å². The van der Waals surface area contributed by atoms with Crippen molar-refractivity contribution in [3.05, 3.63) is 83.6 Å². The van der Waals surface area contributed by atoms with Gasteiger partial charge in [-0.25, -0.2) is 17.7 Å². The number of nitrogens with one attached hydrogen (secondary N) is 1. The van der Waals surface area contributed by atoms with Crippen LogP contribution in [0.3, 0.4) is 0 Å². The maximum absolute atomic E-state index is 14.7. The van der Waals surface area contributed by atoms with Crippen molar-refractivity contribution in [1.29, 1.82) is 0 Å². The molecule has 7 nitrogen and oxygen atoms in total. The van der Waals surface area contributed by atoms with E-state index in [0.29, 0.717) is 22.5 Å². The lowest BCUT2D eigenvalue weighted by molar-refractivity contribution is 0.0516. The van der Waals surface area contributed by atoms with Gasteiger partial charge in [0.15, 0.2) is 5.69 Å². The summed E-state index contributed by atoms with van der Waals surface area (Å²) in [6, 6.07) is 14.1. The third-order valence-electron chi connectivity index (χ3n) is 5.49. The Kier molecular flexibility index (Phi) is 9.54. The van der Waals surface area contributed by atoms with Crippen LogP contribution in [0.25, 0.3) is 10.9 Å². The molecule has 1 atom stereocenters. The van der Waals surface area contributed by atoms with Crippen molar-refractivity contribution >= 4 is 39.2 Å². The van der Waals surface area contributed by atoms with Crippen molar-refractivity contribution in [3.63, 3.8) is 0 Å². The van der Waals surface area contributed by atoms with Gasteiger partial charge in [0.05, 0.1) is 28.4 Å². The van der Waals surface area contributed by atoms with Crippen molar-refractivity contribution in [2.75, 3.05) is 26.0 Å². The number of carbonyl (C=O) groups excluding carboxylic acids is 1. The predicted octanol–water partition coefficient (Wildman–Crippen LogP) is 6.06. The number of halogens is 1. The number of esters is 1. The lowest BCUT2D eigenvalue weighted by atomic mass is 10.2. The number of fused-ring (bicyclic) bond motifs is 1. The van der Waals surface area contributed by atoms with Gasteiger partial charge in [-0.2, -0.15) is 0 Å². The number of hydrogen-bond acceptors (Lipinski definition) is 5. The van der Waals surface area contributed by atoms with E-state index in [1.165, 1.54) is 6.07 Å². The Balaban J connectivity index is 0.00000186. The van der Waals surface area contributed by atoms with Gasteiger partial charge < -0.3 is 14.6 Å². The Morgan fingerprint density at radius 2 is 1.92 bits per heavy atom. The number of aryl methyl sites for hydroxylation is 1. The van der Waals surface area contributed by atoms with E-state index in [9.17, 15) is 13.4 Å². The summed E-state index contributed by atoms with van der Waals surface area (Å²) in [4.78, 5) is 18.1. The van der Waals surface area contributed by atoms with E-state index in [1.807, 2.05) is 43.5 Å². The van der Waals surface area contributed by atoms with Gasteiger partial charge in [-0.15, -0.1) is 0 Å². The molecular formula is C28H33FN4O3S. The van der Waals surface area contributed by atoms with Gasteiger partial charge >= 0.3 is 5.97 Å². The molecule has 0 saturated heterocycles. The van der Waals surface area contributed by atoms with Crippen LogP contribution in [-0.2, 0) is 22.3 Å². The molecule has 0 bridgehead atoms. The van der Waals surface area contributed by atoms with Crippen molar-refractivity contribution in [2.45, 2.75) is 39.1 Å². The van der Waals surface area contributed by atoms with E-state index in [0.717, 1.165) is 16.6 Å². The molecule has 1 N–H and O–H groups in total. The highest BCUT2D eigenvalue weighted by Crippen LogP contribution is 2.35. The fourth-order valence-electron chi connectivity index (χ4n) is 3.90. The van der Waals surface area contributed by atoms with E-state index >= 15 is 0 Å². The third kappa shape index (κ3) is 6.23. The van der Waals surface area contributed by atoms with Crippen molar-refractivity contribution < 1.29 is 18.1 Å². The van der Waals surface area contributed by atoms with Crippen LogP contribution < -0.4 is 5.32 Å². The first kappa shape index (κ1) is 28.0. The molecule has 9 heteroatoms. The first-order valence-electron chi connectivity index (χ1n) is 12.1. The third-order valence-corrected chi connectivity index (χ3v) is 6.81. The molecular weight excluding hydrogens is 491 g/mol. The predicted molar refractivity (Wildman–Crippen MR) is 147 cm³/mol. The molecule has 37 heavy (non-hydrogen) atoms. The Labute approximate surface area is 219 Å². The van der Waals surface area contributed by atoms with Crippen LogP contribution in [0.1, 0.15) is 42.4 Å². The molecule has 0 aliphatic carbocycles. The molecule has 0 fully saturated rings. The van der Waals surface area contributed by atoms with Crippen LogP contribution in [0.4, 0.5) is 15.8 Å². The lowest BCUT2D eigenvalue weighted by Gasteiger charge is -2.14. The molecule has 2 heterocycles. The topological polar surface area (TPSA) is 76.5 Å². The summed E-state index contributed by atoms with van der Waals surface area (Å²) in [5.41, 5.74) is 3.30. The minimum absolute atomic E-state index is 0.189. The standard InChI is InChI=1S/C26H27FN4O3S.C2H6/c1-5-34-26(32)25-24(29-22-10-9-17(2)13-21(22)27)20-15-28-12-11-23(20)31(25)16-18-7-6-8-19(14-18)35(33)30(3)4;1-2/h6-15,29H,5,16H2,1-4H3;1-2H3. The Morgan fingerprint density at radius 1 is 1.16 bits per heavy atom. The molecule has 2 aromatic heterocycles. The average molecular weight is 525 g/mol. The first-order valence-corrected chi connectivity index (χ1v) is 13.3. The zero-order valence-electron chi connectivity index (χ0n) is 22.0. The molecule has 196 valence electrons. The smallest absolute Gasteiger partial charge is 0.357 e. The molecule has 0 radical (unpaired) electrons. The van der Waals surface area contributed by atoms with E-state index in [4.69, 9.17) is 4.74 Å². The van der Waals surface area contributed by atoms with Crippen molar-refractivity contribution in [2.24, 2.45) is 0 Å². The minimum Gasteiger partial charge on any atom is -0.461 e. The summed E-state index contributed by atoms with van der Waals surface area (Å²) in [5, 5.41) is 3.77. The normalized spacial score (nSPS) is 11.7. The zero-order chi connectivity index (χ0) is 27.1. The van der Waals surface area contributed by atoms with Gasteiger partial charge in [-0.3, -0.25) is 4.98 Å². The number of benzene rings is 2. The molecule has 1 unspecified atom stereocenters. The second-order valence-electron chi connectivity index (χ2n) is 8.24. The van der Waals surface area contributed by atoms with E-state index in [2.05, 4.69) is 10.3 Å². The number of hydrogen-bond donors (Lipinski definition) is 1. The number of aromatic nitrogens is 2. The molecule has 0 amide bonds. The summed E-state index contributed by atoms with van der Waals surface area (Å²) in [7, 11) is 2.19. The van der Waals surface area contributed by atoms with Crippen LogP contribution in [0.15, 0.2) is 65.8 Å². The quantitative estimate of drug-likeness (QED) is 0.284. The second kappa shape index (κ2) is 12.6. The highest BCUT2D eigenvalue weighted by atomic mass is 32.2. The summed E-state index contributed by atoms with van der Waals surface area (Å²) in [5.74, 6) is -0.963. The molecule has 0 spiro atoms. The maximum atomic E-state index is 14.7. The summed E-state index contributed by atoms with van der Waals surface area (Å²) in [6.07, 6.45) is 3.28. The molecule has 2 aromatic carbocycles. The molecule has 0 aliphatic heterocycles. The van der Waals surface area contributed by atoms with Crippen molar-refractivity contribution in [3.8, 4) is 0 Å². The number of ether oxygens (including phenoxy) is 1. The Bertz CT molecular complexity index is 1420. The first-order chi connectivity index (χ1) is 17.8. The number of nitrogens with zero attached hydrogens (tertiary/aromatic N) is 3. The van der Waals surface area contributed by atoms with Gasteiger partial charge in [0.25, 0.3) is 0 Å². The molecule has 0 saturated carbocycles. The summed E-state index contributed by atoms with van der Waals surface area (Å²) >= 11 is 0. The Morgan fingerprint density at radius 3 is 2.59 bits per heavy atom. The van der Waals surface area contributed by atoms with Crippen LogP contribution in [0.2, 0.25) is 0 Å². The Hall–Kier alpha value is -3.56. The van der Waals surface area contributed by atoms with Crippen LogP contribution in [0.5, 0.6) is 0 Å². The number of anilines is 2. The fraction of sp³-hybridized carbons (Fsp3) is 0.286. The van der Waals surface area contributed by atoms with Crippen LogP contribution in [-0.4, -0.2) is 44.7 Å². The van der Waals surface area contributed by atoms with Gasteiger partial charge in [-0.05, 0) is 69.4 Å². The SMILES string of the molecule is CC.CCOC(=O)c1c(Nc2ccc(C)cc2F)c2cnccc2n1Cc1cccc(S(=O)N(C)C)c1. The number of carbonyl (C=O) groups is 1. The highest BCUT2D eigenvalue weighted by Gasteiger charge is 2.25. The van der Waals surface area contributed by atoms with Gasteiger partial charge in [0, 0.05) is 24.3 Å². The molecule has 4 aromatic rings. The molecule has 4 rings (SSSR count). The highest BCUT2D eigenvalue weighted by molar-refractivity contribution is 7.82. The van der Waals surface area contributed by atoms with Crippen LogP contribution in [0, 0.1) is 12.7 Å². The minimum atomic E-state index is -1.31. The largest absolute Gasteiger partial charge is 0.461 e. The molecule has 0 aliphatic rings. The lowest BCUT2D eigenvalue weighted by Crippen LogP contribution is -2.16. The van der Waals surface area contributed by atoms with E-state index < -0.39 is 22.8 Å². The van der Waals surface area contributed by atoms with Gasteiger partial charge in [0.2, 0.25) is 0 Å². The second-order valence-corrected chi connectivity index (χ2v) is 9.94. The van der Waals surface area contributed by atoms with E-state index in [1.54, 1.807) is 62.0 Å². The van der Waals surface area contributed by atoms with E-state index in [-0.39, 0.29) is 18.0 Å². The monoisotopic (exact) mass is 524 g/mol. The fourth-order valence-corrected chi connectivity index (χ4v) is 4.77.